The van der Waals surface area contributed by atoms with Crippen molar-refractivity contribution in [3.05, 3.63) is 82.6 Å². The van der Waals surface area contributed by atoms with Crippen LogP contribution in [0.1, 0.15) is 123 Å². The van der Waals surface area contributed by atoms with Crippen LogP contribution in [0.5, 0.6) is 0 Å². The number of benzene rings is 1. The third-order valence-corrected chi connectivity index (χ3v) is 10.8. The van der Waals surface area contributed by atoms with Crippen molar-refractivity contribution >= 4 is 38.9 Å². The first-order valence-corrected chi connectivity index (χ1v) is 18.1. The van der Waals surface area contributed by atoms with Crippen LogP contribution in [0.3, 0.4) is 0 Å². The molecule has 1 aromatic carbocycles. The van der Waals surface area contributed by atoms with Gasteiger partial charge in [0.05, 0.1) is 6.33 Å². The third kappa shape index (κ3) is 9.20. The zero-order chi connectivity index (χ0) is 30.2. The maximum atomic E-state index is 4.05. The van der Waals surface area contributed by atoms with Crippen LogP contribution in [0.4, 0.5) is 0 Å². The molecule has 1 fully saturated rings. The number of hydrogen-bond donors (Lipinski definition) is 0. The summed E-state index contributed by atoms with van der Waals surface area (Å²) < 4.78 is 5.22. The molecule has 0 bridgehead atoms. The summed E-state index contributed by atoms with van der Waals surface area (Å²) in [5, 5.41) is 4.81. The summed E-state index contributed by atoms with van der Waals surface area (Å²) in [6.45, 7) is 16.8. The van der Waals surface area contributed by atoms with Gasteiger partial charge in [-0.25, -0.2) is 4.98 Å². The van der Waals surface area contributed by atoms with E-state index in [0.717, 1.165) is 5.82 Å². The van der Waals surface area contributed by atoms with Gasteiger partial charge in [-0.1, -0.05) is 130 Å². The average Bonchev–Trinajstić information content (AvgIpc) is 3.75. The highest BCUT2D eigenvalue weighted by atomic mass is 32.1. The Morgan fingerprint density at radius 2 is 1.40 bits per heavy atom. The summed E-state index contributed by atoms with van der Waals surface area (Å²) in [4.78, 5) is 4.05. The van der Waals surface area contributed by atoms with E-state index in [9.17, 15) is 0 Å². The Morgan fingerprint density at radius 1 is 0.810 bits per heavy atom. The summed E-state index contributed by atoms with van der Waals surface area (Å²) in [6, 6.07) is 13.8. The van der Waals surface area contributed by atoms with Crippen LogP contribution >= 0.6 is 22.7 Å². The Hall–Kier alpha value is -2.11. The lowest BCUT2D eigenvalue weighted by Gasteiger charge is -2.27. The SMILES string of the molecule is CC(C)(C)c1csc(B(c2cc(C(C)(C)C)cs2)C2CCCCC2)c1.CCCCCCc1ccc(-n2ccnc2)cc1. The fourth-order valence-electron chi connectivity index (χ4n) is 5.89. The number of aromatic nitrogens is 2. The third-order valence-electron chi connectivity index (χ3n) is 8.76. The van der Waals surface area contributed by atoms with Crippen molar-refractivity contribution in [1.29, 1.82) is 0 Å². The molecule has 0 atom stereocenters. The summed E-state index contributed by atoms with van der Waals surface area (Å²) in [7, 11) is 0. The second-order valence-electron chi connectivity index (χ2n) is 14.3. The zero-order valence-corrected chi connectivity index (χ0v) is 28.9. The molecule has 5 heteroatoms. The van der Waals surface area contributed by atoms with Gasteiger partial charge in [-0.05, 0) is 72.8 Å². The molecule has 1 aliphatic rings. The van der Waals surface area contributed by atoms with E-state index >= 15 is 0 Å². The Kier molecular flexibility index (Phi) is 11.8. The van der Waals surface area contributed by atoms with E-state index in [-0.39, 0.29) is 10.8 Å². The average molecular weight is 601 g/mol. The van der Waals surface area contributed by atoms with Crippen molar-refractivity contribution in [2.75, 3.05) is 0 Å². The molecular formula is C37H53BN2S2. The van der Waals surface area contributed by atoms with Crippen molar-refractivity contribution in [2.45, 2.75) is 129 Å². The van der Waals surface area contributed by atoms with E-state index in [0.29, 0.717) is 6.71 Å². The van der Waals surface area contributed by atoms with Crippen molar-refractivity contribution in [2.24, 2.45) is 0 Å². The Morgan fingerprint density at radius 3 is 1.88 bits per heavy atom. The molecule has 0 saturated heterocycles. The first-order valence-electron chi connectivity index (χ1n) is 16.3. The molecule has 0 radical (unpaired) electrons. The molecule has 1 saturated carbocycles. The predicted molar refractivity (Wildman–Crippen MR) is 189 cm³/mol. The topological polar surface area (TPSA) is 17.8 Å². The van der Waals surface area contributed by atoms with Gasteiger partial charge < -0.3 is 4.57 Å². The molecule has 0 N–H and O–H groups in total. The quantitative estimate of drug-likeness (QED) is 0.138. The fraction of sp³-hybridized carbons (Fsp3) is 0.541. The molecule has 0 aliphatic heterocycles. The van der Waals surface area contributed by atoms with E-state index in [4.69, 9.17) is 0 Å². The van der Waals surface area contributed by atoms with Crippen molar-refractivity contribution in [1.82, 2.24) is 9.55 Å². The van der Waals surface area contributed by atoms with E-state index in [2.05, 4.69) is 101 Å². The number of thiophene rings is 2. The van der Waals surface area contributed by atoms with E-state index in [1.165, 1.54) is 86.6 Å². The maximum Gasteiger partial charge on any atom is 0.238 e. The highest BCUT2D eigenvalue weighted by molar-refractivity contribution is 7.31. The summed E-state index contributed by atoms with van der Waals surface area (Å²) in [6.07, 6.45) is 19.2. The van der Waals surface area contributed by atoms with E-state index in [1.807, 2.05) is 39.8 Å². The van der Waals surface area contributed by atoms with E-state index < -0.39 is 0 Å². The highest BCUT2D eigenvalue weighted by Crippen LogP contribution is 2.34. The minimum Gasteiger partial charge on any atom is -0.306 e. The van der Waals surface area contributed by atoms with Gasteiger partial charge in [-0.15, -0.1) is 0 Å². The standard InChI is InChI=1S/C22H33BS2.C15H20N2/c1-21(2,3)16-12-19(24-14-16)23(18-10-8-7-9-11-18)20-13-17(15-25-20)22(4,5)6;1-2-3-4-5-6-14-7-9-15(10-8-14)17-12-11-16-13-17/h12-15,18H,7-11H2,1-6H3;7-13H,2-6H2,1H3. The smallest absolute Gasteiger partial charge is 0.238 e. The number of rotatable bonds is 9. The van der Waals surface area contributed by atoms with Gasteiger partial charge in [0, 0.05) is 18.1 Å². The van der Waals surface area contributed by atoms with Gasteiger partial charge in [-0.3, -0.25) is 0 Å². The van der Waals surface area contributed by atoms with Crippen LogP contribution in [0.15, 0.2) is 65.9 Å². The second-order valence-corrected chi connectivity index (χ2v) is 16.2. The zero-order valence-electron chi connectivity index (χ0n) is 27.3. The normalized spacial score (nSPS) is 14.5. The minimum absolute atomic E-state index is 0.248. The lowest BCUT2D eigenvalue weighted by Crippen LogP contribution is -2.44. The molecule has 5 rings (SSSR count). The Labute approximate surface area is 265 Å². The van der Waals surface area contributed by atoms with Gasteiger partial charge >= 0.3 is 0 Å². The fourth-order valence-corrected chi connectivity index (χ4v) is 8.66. The second kappa shape index (κ2) is 15.1. The molecular weight excluding hydrogens is 547 g/mol. The highest BCUT2D eigenvalue weighted by Gasteiger charge is 2.34. The molecule has 1 aliphatic carbocycles. The maximum absolute atomic E-state index is 4.05. The summed E-state index contributed by atoms with van der Waals surface area (Å²) >= 11 is 3.99. The van der Waals surface area contributed by atoms with E-state index in [1.54, 1.807) is 15.7 Å². The number of unbranched alkanes of at least 4 members (excludes halogenated alkanes) is 3. The summed E-state index contributed by atoms with van der Waals surface area (Å²) in [5.74, 6) is 0.826. The molecule has 2 nitrogen and oxygen atoms in total. The number of nitrogens with zero attached hydrogens (tertiary/aromatic N) is 2. The predicted octanol–water partition coefficient (Wildman–Crippen LogP) is 10.3. The van der Waals surface area contributed by atoms with Gasteiger partial charge in [-0.2, -0.15) is 22.7 Å². The number of imidazole rings is 1. The van der Waals surface area contributed by atoms with Crippen molar-refractivity contribution in [3.8, 4) is 5.69 Å². The Bertz CT molecular complexity index is 1260. The molecule has 226 valence electrons. The number of aryl methyl sites for hydroxylation is 1. The van der Waals surface area contributed by atoms with Crippen LogP contribution in [0.2, 0.25) is 5.82 Å². The van der Waals surface area contributed by atoms with Crippen molar-refractivity contribution < 1.29 is 0 Å². The molecule has 0 unspecified atom stereocenters. The van der Waals surface area contributed by atoms with Crippen LogP contribution in [-0.2, 0) is 17.3 Å². The lowest BCUT2D eigenvalue weighted by atomic mass is 9.37. The monoisotopic (exact) mass is 600 g/mol. The summed E-state index contributed by atoms with van der Waals surface area (Å²) in [5.41, 5.74) is 6.11. The van der Waals surface area contributed by atoms with Crippen LogP contribution in [-0.4, -0.2) is 16.3 Å². The molecule has 4 aromatic rings. The first kappa shape index (κ1) is 32.8. The minimum atomic E-state index is 0.248. The van der Waals surface area contributed by atoms with Gasteiger partial charge in [0.15, 0.2) is 0 Å². The number of hydrogen-bond acceptors (Lipinski definition) is 3. The first-order chi connectivity index (χ1) is 20.1. The van der Waals surface area contributed by atoms with Crippen LogP contribution in [0, 0.1) is 0 Å². The van der Waals surface area contributed by atoms with Gasteiger partial charge in [0.25, 0.3) is 0 Å². The van der Waals surface area contributed by atoms with Crippen LogP contribution in [0.25, 0.3) is 5.69 Å². The largest absolute Gasteiger partial charge is 0.306 e. The molecule has 3 aromatic heterocycles. The molecule has 3 heterocycles. The Balaban J connectivity index is 0.000000208. The van der Waals surface area contributed by atoms with Gasteiger partial charge in [0.2, 0.25) is 6.71 Å². The molecule has 0 amide bonds. The van der Waals surface area contributed by atoms with Gasteiger partial charge in [0.1, 0.15) is 0 Å². The molecule has 0 spiro atoms. The molecule has 42 heavy (non-hydrogen) atoms. The van der Waals surface area contributed by atoms with Crippen LogP contribution < -0.4 is 9.55 Å². The van der Waals surface area contributed by atoms with Crippen molar-refractivity contribution in [3.63, 3.8) is 0 Å². The lowest BCUT2D eigenvalue weighted by molar-refractivity contribution is 0.500.